The third kappa shape index (κ3) is 2.45. The topological polar surface area (TPSA) is 47.5 Å². The van der Waals surface area contributed by atoms with Gasteiger partial charge >= 0.3 is 5.91 Å². The van der Waals surface area contributed by atoms with Crippen molar-refractivity contribution >= 4 is 38.4 Å². The zero-order chi connectivity index (χ0) is 16.7. The summed E-state index contributed by atoms with van der Waals surface area (Å²) in [5.41, 5.74) is 1.51. The molecule has 0 radical (unpaired) electrons. The molecule has 0 aliphatic heterocycles. The molecular weight excluding hydrogens is 327 g/mol. The van der Waals surface area contributed by atoms with Gasteiger partial charge in [-0.15, -0.1) is 0 Å². The quantitative estimate of drug-likeness (QED) is 0.545. The van der Waals surface area contributed by atoms with E-state index in [4.69, 9.17) is 4.42 Å². The predicted molar refractivity (Wildman–Crippen MR) is 91.6 cm³/mol. The first-order chi connectivity index (χ1) is 11.7. The SMILES string of the molecule is CCn1c(=NC(=O)c2cc3ccccc3o2)sc2cc(F)ccc21. The molecule has 0 N–H and O–H groups in total. The third-order valence-electron chi connectivity index (χ3n) is 3.79. The van der Waals surface area contributed by atoms with Crippen LogP contribution in [0.25, 0.3) is 21.2 Å². The van der Waals surface area contributed by atoms with Gasteiger partial charge in [-0.3, -0.25) is 4.79 Å². The van der Waals surface area contributed by atoms with E-state index in [1.807, 2.05) is 29.7 Å². The summed E-state index contributed by atoms with van der Waals surface area (Å²) in [5, 5.41) is 0.859. The van der Waals surface area contributed by atoms with Gasteiger partial charge in [-0.05, 0) is 37.3 Å². The zero-order valence-corrected chi connectivity index (χ0v) is 13.6. The van der Waals surface area contributed by atoms with Crippen molar-refractivity contribution < 1.29 is 13.6 Å². The van der Waals surface area contributed by atoms with Gasteiger partial charge in [0.05, 0.1) is 10.2 Å². The highest BCUT2D eigenvalue weighted by atomic mass is 32.1. The average molecular weight is 340 g/mol. The monoisotopic (exact) mass is 340 g/mol. The second kappa shape index (κ2) is 5.72. The van der Waals surface area contributed by atoms with Gasteiger partial charge in [0, 0.05) is 11.9 Å². The van der Waals surface area contributed by atoms with E-state index >= 15 is 0 Å². The average Bonchev–Trinajstić information content (AvgIpc) is 3.14. The van der Waals surface area contributed by atoms with Gasteiger partial charge in [-0.25, -0.2) is 4.39 Å². The molecule has 0 saturated carbocycles. The number of hydrogen-bond acceptors (Lipinski definition) is 3. The number of aryl methyl sites for hydroxylation is 1. The number of thiazole rings is 1. The van der Waals surface area contributed by atoms with E-state index in [-0.39, 0.29) is 11.6 Å². The lowest BCUT2D eigenvalue weighted by atomic mass is 10.2. The number of aromatic nitrogens is 1. The number of carbonyl (C=O) groups is 1. The molecule has 0 saturated heterocycles. The molecule has 120 valence electrons. The van der Waals surface area contributed by atoms with E-state index < -0.39 is 5.91 Å². The van der Waals surface area contributed by atoms with Crippen LogP contribution in [0.5, 0.6) is 0 Å². The van der Waals surface area contributed by atoms with Crippen LogP contribution in [-0.4, -0.2) is 10.5 Å². The van der Waals surface area contributed by atoms with Gasteiger partial charge < -0.3 is 8.98 Å². The molecule has 4 aromatic rings. The van der Waals surface area contributed by atoms with E-state index in [9.17, 15) is 9.18 Å². The predicted octanol–water partition coefficient (Wildman–Crippen LogP) is 4.35. The highest BCUT2D eigenvalue weighted by Crippen LogP contribution is 2.21. The molecule has 0 aliphatic rings. The number of fused-ring (bicyclic) bond motifs is 2. The second-order valence-corrected chi connectivity index (χ2v) is 6.32. The summed E-state index contributed by atoms with van der Waals surface area (Å²) < 4.78 is 21.6. The smallest absolute Gasteiger partial charge is 0.315 e. The van der Waals surface area contributed by atoms with Gasteiger partial charge in [0.15, 0.2) is 10.6 Å². The van der Waals surface area contributed by atoms with Crippen LogP contribution in [0.15, 0.2) is 57.9 Å². The van der Waals surface area contributed by atoms with Crippen molar-refractivity contribution in [3.8, 4) is 0 Å². The first-order valence-electron chi connectivity index (χ1n) is 7.52. The van der Waals surface area contributed by atoms with E-state index in [0.29, 0.717) is 16.9 Å². The third-order valence-corrected chi connectivity index (χ3v) is 4.84. The van der Waals surface area contributed by atoms with Gasteiger partial charge in [0.2, 0.25) is 0 Å². The van der Waals surface area contributed by atoms with Crippen molar-refractivity contribution in [2.45, 2.75) is 13.5 Å². The van der Waals surface area contributed by atoms with Crippen LogP contribution in [0.3, 0.4) is 0 Å². The van der Waals surface area contributed by atoms with Crippen LogP contribution in [-0.2, 0) is 6.54 Å². The number of furan rings is 1. The minimum absolute atomic E-state index is 0.197. The molecule has 0 spiro atoms. The molecule has 0 aliphatic carbocycles. The van der Waals surface area contributed by atoms with Crippen LogP contribution in [0, 0.1) is 5.82 Å². The van der Waals surface area contributed by atoms with Crippen molar-refractivity contribution in [2.24, 2.45) is 4.99 Å². The molecular formula is C18H13FN2O2S. The molecule has 0 fully saturated rings. The number of benzene rings is 2. The molecule has 6 heteroatoms. The van der Waals surface area contributed by atoms with Crippen molar-refractivity contribution in [3.05, 3.63) is 64.9 Å². The summed E-state index contributed by atoms with van der Waals surface area (Å²) in [4.78, 5) is 17.2. The molecule has 1 amide bonds. The maximum absolute atomic E-state index is 13.4. The fourth-order valence-electron chi connectivity index (χ4n) is 2.67. The Bertz CT molecular complexity index is 1100. The highest BCUT2D eigenvalue weighted by Gasteiger charge is 2.13. The number of amides is 1. The largest absolute Gasteiger partial charge is 0.451 e. The van der Waals surface area contributed by atoms with Crippen LogP contribution < -0.4 is 4.80 Å². The molecule has 0 atom stereocenters. The van der Waals surface area contributed by atoms with Crippen LogP contribution >= 0.6 is 11.3 Å². The van der Waals surface area contributed by atoms with Gasteiger partial charge in [0.1, 0.15) is 11.4 Å². The Morgan fingerprint density at radius 2 is 2.08 bits per heavy atom. The molecule has 2 aromatic heterocycles. The lowest BCUT2D eigenvalue weighted by molar-refractivity contribution is 0.0973. The van der Waals surface area contributed by atoms with Crippen LogP contribution in [0.1, 0.15) is 17.5 Å². The van der Waals surface area contributed by atoms with Gasteiger partial charge in [0.25, 0.3) is 0 Å². The molecule has 24 heavy (non-hydrogen) atoms. The van der Waals surface area contributed by atoms with E-state index in [1.54, 1.807) is 18.2 Å². The van der Waals surface area contributed by atoms with E-state index in [0.717, 1.165) is 15.6 Å². The van der Waals surface area contributed by atoms with E-state index in [1.165, 1.54) is 23.5 Å². The highest BCUT2D eigenvalue weighted by molar-refractivity contribution is 7.16. The van der Waals surface area contributed by atoms with E-state index in [2.05, 4.69) is 4.99 Å². The Morgan fingerprint density at radius 1 is 1.25 bits per heavy atom. The summed E-state index contributed by atoms with van der Waals surface area (Å²) in [6, 6.07) is 13.7. The Balaban J connectivity index is 1.84. The standard InChI is InChI=1S/C18H13FN2O2S/c1-2-21-13-8-7-12(19)10-16(13)24-18(21)20-17(22)15-9-11-5-3-4-6-14(11)23-15/h3-10H,2H2,1H3. The lowest BCUT2D eigenvalue weighted by Crippen LogP contribution is -2.15. The second-order valence-electron chi connectivity index (χ2n) is 5.31. The summed E-state index contributed by atoms with van der Waals surface area (Å²) in [7, 11) is 0. The zero-order valence-electron chi connectivity index (χ0n) is 12.8. The fourth-order valence-corrected chi connectivity index (χ4v) is 3.78. The summed E-state index contributed by atoms with van der Waals surface area (Å²) in [5.74, 6) is -0.551. The summed E-state index contributed by atoms with van der Waals surface area (Å²) in [6.45, 7) is 2.60. The maximum atomic E-state index is 13.4. The van der Waals surface area contributed by atoms with Crippen LogP contribution in [0.2, 0.25) is 0 Å². The van der Waals surface area contributed by atoms with Crippen molar-refractivity contribution in [3.63, 3.8) is 0 Å². The van der Waals surface area contributed by atoms with Gasteiger partial charge in [-0.2, -0.15) is 4.99 Å². The Labute approximate surface area is 140 Å². The first kappa shape index (κ1) is 14.8. The molecule has 4 rings (SSSR count). The lowest BCUT2D eigenvalue weighted by Gasteiger charge is -1.99. The fraction of sp³-hybridized carbons (Fsp3) is 0.111. The molecule has 0 bridgehead atoms. The number of carbonyl (C=O) groups excluding carboxylic acids is 1. The van der Waals surface area contributed by atoms with Crippen LogP contribution in [0.4, 0.5) is 4.39 Å². The van der Waals surface area contributed by atoms with Crippen molar-refractivity contribution in [1.29, 1.82) is 0 Å². The minimum Gasteiger partial charge on any atom is -0.451 e. The minimum atomic E-state index is -0.444. The maximum Gasteiger partial charge on any atom is 0.315 e. The summed E-state index contributed by atoms with van der Waals surface area (Å²) >= 11 is 1.29. The Hall–Kier alpha value is -2.73. The normalized spacial score (nSPS) is 12.3. The summed E-state index contributed by atoms with van der Waals surface area (Å²) in [6.07, 6.45) is 0. The number of rotatable bonds is 2. The molecule has 4 nitrogen and oxygen atoms in total. The van der Waals surface area contributed by atoms with Crippen molar-refractivity contribution in [2.75, 3.05) is 0 Å². The molecule has 0 unspecified atom stereocenters. The van der Waals surface area contributed by atoms with Gasteiger partial charge in [-0.1, -0.05) is 29.5 Å². The first-order valence-corrected chi connectivity index (χ1v) is 8.34. The molecule has 2 heterocycles. The number of hydrogen-bond donors (Lipinski definition) is 0. The van der Waals surface area contributed by atoms with Crippen molar-refractivity contribution in [1.82, 2.24) is 4.57 Å². The number of halogens is 1. The Morgan fingerprint density at radius 3 is 2.88 bits per heavy atom. The number of nitrogens with zero attached hydrogens (tertiary/aromatic N) is 2. The Kier molecular flexibility index (Phi) is 3.54. The molecule has 2 aromatic carbocycles. The number of para-hydroxylation sites is 1.